The summed E-state index contributed by atoms with van der Waals surface area (Å²) in [6, 6.07) is 12.3. The highest BCUT2D eigenvalue weighted by atomic mass is 35.5. The number of fused-ring (bicyclic) bond motifs is 2. The van der Waals surface area contributed by atoms with Crippen LogP contribution in [0.1, 0.15) is 66.1 Å². The molecule has 9 nitrogen and oxygen atoms in total. The molecule has 7 rings (SSSR count). The predicted molar refractivity (Wildman–Crippen MR) is 148 cm³/mol. The third-order valence-corrected chi connectivity index (χ3v) is 8.77. The van der Waals surface area contributed by atoms with Crippen molar-refractivity contribution in [3.63, 3.8) is 0 Å². The van der Waals surface area contributed by atoms with Gasteiger partial charge in [-0.15, -0.1) is 0 Å². The SMILES string of the molecule is O=C(O)c1ccc(-c2nc(N3[C@@H]4CC[C@H]3CC(OCc3c(-c5c(Cl)cccc5Cl)noc3C3CC3)C4)no2)cc1. The number of hydrogen-bond donors (Lipinski definition) is 1. The first-order valence-electron chi connectivity index (χ1n) is 13.5. The lowest BCUT2D eigenvalue weighted by molar-refractivity contribution is 0.0144. The smallest absolute Gasteiger partial charge is 0.335 e. The van der Waals surface area contributed by atoms with Crippen LogP contribution in [0.15, 0.2) is 51.5 Å². The zero-order valence-electron chi connectivity index (χ0n) is 21.4. The van der Waals surface area contributed by atoms with Crippen LogP contribution >= 0.6 is 23.2 Å². The van der Waals surface area contributed by atoms with Gasteiger partial charge in [0, 0.05) is 34.7 Å². The summed E-state index contributed by atoms with van der Waals surface area (Å²) in [4.78, 5) is 18.0. The van der Waals surface area contributed by atoms with E-state index in [1.165, 1.54) is 12.1 Å². The summed E-state index contributed by atoms with van der Waals surface area (Å²) in [5, 5.41) is 18.9. The second kappa shape index (κ2) is 10.2. The van der Waals surface area contributed by atoms with Crippen LogP contribution in [0.4, 0.5) is 5.95 Å². The fraction of sp³-hybridized carbons (Fsp3) is 0.379. The number of ether oxygens (including phenoxy) is 1. The topological polar surface area (TPSA) is 115 Å². The van der Waals surface area contributed by atoms with Gasteiger partial charge >= 0.3 is 5.97 Å². The van der Waals surface area contributed by atoms with Crippen molar-refractivity contribution in [3.8, 4) is 22.7 Å². The molecule has 0 spiro atoms. The van der Waals surface area contributed by atoms with Gasteiger partial charge in [0.05, 0.1) is 28.3 Å². The summed E-state index contributed by atoms with van der Waals surface area (Å²) in [7, 11) is 0. The average Bonchev–Trinajstić information content (AvgIpc) is 3.42. The van der Waals surface area contributed by atoms with Crippen LogP contribution in [-0.4, -0.2) is 44.6 Å². The Morgan fingerprint density at radius 1 is 0.975 bits per heavy atom. The Kier molecular flexibility index (Phi) is 6.53. The number of nitrogens with zero attached hydrogens (tertiary/aromatic N) is 4. The minimum absolute atomic E-state index is 0.0696. The zero-order chi connectivity index (χ0) is 27.4. The van der Waals surface area contributed by atoms with Crippen molar-refractivity contribution in [2.45, 2.75) is 69.2 Å². The summed E-state index contributed by atoms with van der Waals surface area (Å²) < 4.78 is 17.9. The molecule has 2 aromatic carbocycles. The van der Waals surface area contributed by atoms with Gasteiger partial charge in [-0.25, -0.2) is 4.79 Å². The van der Waals surface area contributed by atoms with Crippen molar-refractivity contribution in [2.75, 3.05) is 4.90 Å². The van der Waals surface area contributed by atoms with Crippen LogP contribution in [0.2, 0.25) is 10.0 Å². The molecular formula is C29H26Cl2N4O5. The first-order valence-corrected chi connectivity index (χ1v) is 14.2. The number of carboxylic acids is 1. The van der Waals surface area contributed by atoms with Crippen molar-refractivity contribution in [1.82, 2.24) is 15.3 Å². The monoisotopic (exact) mass is 580 g/mol. The van der Waals surface area contributed by atoms with Gasteiger partial charge in [0.15, 0.2) is 0 Å². The third-order valence-electron chi connectivity index (χ3n) is 8.14. The van der Waals surface area contributed by atoms with Gasteiger partial charge in [-0.3, -0.25) is 0 Å². The molecule has 1 saturated carbocycles. The molecule has 1 N–H and O–H groups in total. The van der Waals surface area contributed by atoms with Crippen LogP contribution in [0.25, 0.3) is 22.7 Å². The Morgan fingerprint density at radius 3 is 2.33 bits per heavy atom. The van der Waals surface area contributed by atoms with Crippen LogP contribution in [0.5, 0.6) is 0 Å². The second-order valence-corrected chi connectivity index (χ2v) is 11.5. The molecule has 0 radical (unpaired) electrons. The molecule has 2 bridgehead atoms. The first kappa shape index (κ1) is 25.6. The van der Waals surface area contributed by atoms with Crippen molar-refractivity contribution < 1.29 is 23.7 Å². The molecule has 3 fully saturated rings. The molecule has 3 atom stereocenters. The van der Waals surface area contributed by atoms with Gasteiger partial charge in [0.2, 0.25) is 0 Å². The van der Waals surface area contributed by atoms with E-state index in [2.05, 4.69) is 20.2 Å². The van der Waals surface area contributed by atoms with Gasteiger partial charge in [-0.05, 0) is 80.1 Å². The molecule has 2 saturated heterocycles. The summed E-state index contributed by atoms with van der Waals surface area (Å²) >= 11 is 13.0. The summed E-state index contributed by atoms with van der Waals surface area (Å²) in [6.07, 6.45) is 5.99. The molecule has 4 heterocycles. The van der Waals surface area contributed by atoms with Gasteiger partial charge in [-0.2, -0.15) is 4.98 Å². The second-order valence-electron chi connectivity index (χ2n) is 10.7. The fourth-order valence-electron chi connectivity index (χ4n) is 6.03. The average molecular weight is 581 g/mol. The molecule has 206 valence electrons. The van der Waals surface area contributed by atoms with E-state index in [1.807, 2.05) is 6.07 Å². The maximum absolute atomic E-state index is 11.1. The van der Waals surface area contributed by atoms with Crippen LogP contribution < -0.4 is 4.90 Å². The standard InChI is InChI=1S/C29H26Cl2N4O5/c30-22-2-1-3-23(31)24(22)25-21(26(39-33-25)15-4-5-15)14-38-20-12-18-10-11-19(13-20)35(18)29-32-27(40-34-29)16-6-8-17(9-7-16)28(36)37/h1-3,6-9,15,18-20H,4-5,10-14H2,(H,36,37)/t18-,19+,20?. The van der Waals surface area contributed by atoms with E-state index in [-0.39, 0.29) is 23.8 Å². The number of carboxylic acid groups (broad SMARTS) is 1. The normalized spacial score (nSPS) is 22.1. The highest BCUT2D eigenvalue weighted by Crippen LogP contribution is 2.47. The van der Waals surface area contributed by atoms with Crippen molar-refractivity contribution >= 4 is 35.1 Å². The summed E-state index contributed by atoms with van der Waals surface area (Å²) in [5.74, 6) is 1.20. The molecule has 3 aliphatic rings. The van der Waals surface area contributed by atoms with E-state index in [4.69, 9.17) is 42.1 Å². The van der Waals surface area contributed by atoms with E-state index in [0.717, 1.165) is 49.8 Å². The number of benzene rings is 2. The Labute approximate surface area is 240 Å². The Morgan fingerprint density at radius 2 is 1.68 bits per heavy atom. The minimum Gasteiger partial charge on any atom is -0.478 e. The Hall–Kier alpha value is -3.40. The predicted octanol–water partition coefficient (Wildman–Crippen LogP) is 6.99. The molecule has 0 amide bonds. The molecule has 40 heavy (non-hydrogen) atoms. The molecule has 1 aliphatic carbocycles. The maximum Gasteiger partial charge on any atom is 0.335 e. The molecular weight excluding hydrogens is 555 g/mol. The van der Waals surface area contributed by atoms with Crippen LogP contribution in [0.3, 0.4) is 0 Å². The lowest BCUT2D eigenvalue weighted by Gasteiger charge is -2.37. The lowest BCUT2D eigenvalue weighted by Crippen LogP contribution is -2.46. The quantitative estimate of drug-likeness (QED) is 0.235. The van der Waals surface area contributed by atoms with Gasteiger partial charge in [-0.1, -0.05) is 34.4 Å². The molecule has 4 aromatic rings. The summed E-state index contributed by atoms with van der Waals surface area (Å²) in [5.41, 5.74) is 3.17. The summed E-state index contributed by atoms with van der Waals surface area (Å²) in [6.45, 7) is 0.384. The Bertz CT molecular complexity index is 1530. The number of carbonyl (C=O) groups is 1. The van der Waals surface area contributed by atoms with Crippen molar-refractivity contribution in [3.05, 3.63) is 69.4 Å². The number of aromatic carboxylic acids is 1. The highest BCUT2D eigenvalue weighted by Gasteiger charge is 2.43. The molecule has 1 unspecified atom stereocenters. The Balaban J connectivity index is 1.06. The van der Waals surface area contributed by atoms with Gasteiger partial charge in [0.1, 0.15) is 11.5 Å². The van der Waals surface area contributed by atoms with E-state index in [9.17, 15) is 4.79 Å². The largest absolute Gasteiger partial charge is 0.478 e. The molecule has 2 aromatic heterocycles. The number of rotatable bonds is 8. The van der Waals surface area contributed by atoms with E-state index in [0.29, 0.717) is 51.2 Å². The van der Waals surface area contributed by atoms with Crippen molar-refractivity contribution in [1.29, 1.82) is 0 Å². The number of aromatic nitrogens is 3. The number of anilines is 1. The van der Waals surface area contributed by atoms with E-state index < -0.39 is 5.97 Å². The molecule has 11 heteroatoms. The third kappa shape index (κ3) is 4.66. The maximum atomic E-state index is 11.1. The number of halogens is 2. The lowest BCUT2D eigenvalue weighted by atomic mass is 9.99. The van der Waals surface area contributed by atoms with Crippen LogP contribution in [0, 0.1) is 0 Å². The van der Waals surface area contributed by atoms with Crippen LogP contribution in [-0.2, 0) is 11.3 Å². The number of hydrogen-bond acceptors (Lipinski definition) is 8. The fourth-order valence-corrected chi connectivity index (χ4v) is 6.61. The van der Waals surface area contributed by atoms with Crippen molar-refractivity contribution in [2.24, 2.45) is 0 Å². The minimum atomic E-state index is -0.976. The van der Waals surface area contributed by atoms with E-state index in [1.54, 1.807) is 24.3 Å². The van der Waals surface area contributed by atoms with E-state index >= 15 is 0 Å². The zero-order valence-corrected chi connectivity index (χ0v) is 22.9. The van der Waals surface area contributed by atoms with Gasteiger partial charge in [0.25, 0.3) is 11.8 Å². The molecule has 2 aliphatic heterocycles. The number of piperidine rings is 1. The first-order chi connectivity index (χ1) is 19.5. The highest BCUT2D eigenvalue weighted by molar-refractivity contribution is 6.39. The van der Waals surface area contributed by atoms with Gasteiger partial charge < -0.3 is 23.8 Å².